The third kappa shape index (κ3) is 4.61. The molecule has 1 aliphatic heterocycles. The predicted molar refractivity (Wildman–Crippen MR) is 90.6 cm³/mol. The SMILES string of the molecule is CC(C)C(OC(=O)CCN1CCCC1=O)c1c(Cl)cccc1Cl. The number of rotatable bonds is 6. The molecular formula is C17H21Cl2NO3. The van der Waals surface area contributed by atoms with Gasteiger partial charge in [0, 0.05) is 35.1 Å². The molecule has 1 heterocycles. The quantitative estimate of drug-likeness (QED) is 0.715. The van der Waals surface area contributed by atoms with Gasteiger partial charge in [0.25, 0.3) is 0 Å². The molecule has 0 aliphatic carbocycles. The highest BCUT2D eigenvalue weighted by atomic mass is 35.5. The maximum absolute atomic E-state index is 12.2. The summed E-state index contributed by atoms with van der Waals surface area (Å²) in [4.78, 5) is 25.4. The molecule has 2 rings (SSSR count). The van der Waals surface area contributed by atoms with Crippen molar-refractivity contribution in [3.63, 3.8) is 0 Å². The minimum Gasteiger partial charge on any atom is -0.457 e. The monoisotopic (exact) mass is 357 g/mol. The van der Waals surface area contributed by atoms with Crippen LogP contribution >= 0.6 is 23.2 Å². The van der Waals surface area contributed by atoms with Crippen molar-refractivity contribution in [3.8, 4) is 0 Å². The van der Waals surface area contributed by atoms with E-state index in [0.29, 0.717) is 28.6 Å². The second kappa shape index (κ2) is 8.02. The van der Waals surface area contributed by atoms with Crippen molar-refractivity contribution < 1.29 is 14.3 Å². The van der Waals surface area contributed by atoms with Gasteiger partial charge in [-0.1, -0.05) is 43.1 Å². The normalized spacial score (nSPS) is 16.0. The molecule has 1 atom stereocenters. The van der Waals surface area contributed by atoms with Crippen molar-refractivity contribution in [2.75, 3.05) is 13.1 Å². The van der Waals surface area contributed by atoms with Gasteiger partial charge in [0.2, 0.25) is 5.91 Å². The van der Waals surface area contributed by atoms with E-state index in [9.17, 15) is 9.59 Å². The summed E-state index contributed by atoms with van der Waals surface area (Å²) < 4.78 is 5.61. The lowest BCUT2D eigenvalue weighted by molar-refractivity contribution is -0.152. The Hall–Kier alpha value is -1.26. The van der Waals surface area contributed by atoms with Gasteiger partial charge in [-0.2, -0.15) is 0 Å². The van der Waals surface area contributed by atoms with Crippen molar-refractivity contribution in [1.82, 2.24) is 4.90 Å². The third-order valence-corrected chi connectivity index (χ3v) is 4.56. The molecule has 1 amide bonds. The molecule has 0 radical (unpaired) electrons. The van der Waals surface area contributed by atoms with Gasteiger partial charge in [0.05, 0.1) is 6.42 Å². The lowest BCUT2D eigenvalue weighted by Crippen LogP contribution is -2.28. The summed E-state index contributed by atoms with van der Waals surface area (Å²) in [5, 5.41) is 0.970. The zero-order chi connectivity index (χ0) is 17.0. The number of ether oxygens (including phenoxy) is 1. The molecule has 23 heavy (non-hydrogen) atoms. The van der Waals surface area contributed by atoms with Crippen molar-refractivity contribution >= 4 is 35.1 Å². The van der Waals surface area contributed by atoms with Crippen LogP contribution < -0.4 is 0 Å². The van der Waals surface area contributed by atoms with Crippen LogP contribution in [0.4, 0.5) is 0 Å². The molecule has 1 saturated heterocycles. The molecule has 0 bridgehead atoms. The van der Waals surface area contributed by atoms with E-state index >= 15 is 0 Å². The fourth-order valence-corrected chi connectivity index (χ4v) is 3.29. The Labute approximate surface area is 146 Å². The van der Waals surface area contributed by atoms with Gasteiger partial charge in [-0.3, -0.25) is 9.59 Å². The first-order valence-corrected chi connectivity index (χ1v) is 8.57. The van der Waals surface area contributed by atoms with Crippen molar-refractivity contribution in [3.05, 3.63) is 33.8 Å². The van der Waals surface area contributed by atoms with E-state index in [-0.39, 0.29) is 24.2 Å². The highest BCUT2D eigenvalue weighted by molar-refractivity contribution is 6.36. The average Bonchev–Trinajstić information content (AvgIpc) is 2.89. The summed E-state index contributed by atoms with van der Waals surface area (Å²) in [6.45, 7) is 5.01. The number of nitrogens with zero attached hydrogens (tertiary/aromatic N) is 1. The van der Waals surface area contributed by atoms with Gasteiger partial charge in [-0.05, 0) is 24.5 Å². The van der Waals surface area contributed by atoms with Crippen LogP contribution in [0.5, 0.6) is 0 Å². The summed E-state index contributed by atoms with van der Waals surface area (Å²) in [6, 6.07) is 5.22. The Morgan fingerprint density at radius 2 is 1.96 bits per heavy atom. The largest absolute Gasteiger partial charge is 0.457 e. The maximum atomic E-state index is 12.2. The summed E-state index contributed by atoms with van der Waals surface area (Å²) in [7, 11) is 0. The van der Waals surface area contributed by atoms with Crippen molar-refractivity contribution in [1.29, 1.82) is 0 Å². The molecule has 1 aliphatic rings. The molecule has 4 nitrogen and oxygen atoms in total. The molecule has 126 valence electrons. The molecule has 0 aromatic heterocycles. The average molecular weight is 358 g/mol. The van der Waals surface area contributed by atoms with Gasteiger partial charge in [0.15, 0.2) is 0 Å². The molecule has 1 unspecified atom stereocenters. The number of likely N-dealkylation sites (tertiary alicyclic amines) is 1. The van der Waals surface area contributed by atoms with Crippen LogP contribution in [0.1, 0.15) is 44.8 Å². The second-order valence-electron chi connectivity index (χ2n) is 6.02. The summed E-state index contributed by atoms with van der Waals surface area (Å²) in [5.74, 6) is -0.212. The molecule has 1 aromatic carbocycles. The van der Waals surface area contributed by atoms with Crippen LogP contribution in [-0.2, 0) is 14.3 Å². The van der Waals surface area contributed by atoms with Crippen LogP contribution in [0.3, 0.4) is 0 Å². The van der Waals surface area contributed by atoms with Crippen LogP contribution in [0, 0.1) is 5.92 Å². The molecule has 6 heteroatoms. The van der Waals surface area contributed by atoms with Gasteiger partial charge >= 0.3 is 5.97 Å². The first-order valence-electron chi connectivity index (χ1n) is 7.81. The number of halogens is 2. The number of carbonyl (C=O) groups is 2. The fourth-order valence-electron chi connectivity index (χ4n) is 2.68. The topological polar surface area (TPSA) is 46.6 Å². The van der Waals surface area contributed by atoms with E-state index in [2.05, 4.69) is 0 Å². The number of amides is 1. The van der Waals surface area contributed by atoms with Crippen LogP contribution in [0.15, 0.2) is 18.2 Å². The van der Waals surface area contributed by atoms with Gasteiger partial charge in [-0.15, -0.1) is 0 Å². The second-order valence-corrected chi connectivity index (χ2v) is 6.84. The van der Waals surface area contributed by atoms with Crippen LogP contribution in [-0.4, -0.2) is 29.9 Å². The van der Waals surface area contributed by atoms with E-state index < -0.39 is 6.10 Å². The Morgan fingerprint density at radius 3 is 2.48 bits per heavy atom. The molecular weight excluding hydrogens is 337 g/mol. The number of benzene rings is 1. The first-order chi connectivity index (χ1) is 10.9. The minimum atomic E-state index is -0.502. The summed E-state index contributed by atoms with van der Waals surface area (Å²) in [5.41, 5.74) is 0.636. The van der Waals surface area contributed by atoms with Gasteiger partial charge in [-0.25, -0.2) is 0 Å². The molecule has 1 aromatic rings. The van der Waals surface area contributed by atoms with Crippen molar-refractivity contribution in [2.24, 2.45) is 5.92 Å². The lowest BCUT2D eigenvalue weighted by atomic mass is 9.98. The molecule has 0 N–H and O–H groups in total. The Bertz CT molecular complexity index is 569. The maximum Gasteiger partial charge on any atom is 0.308 e. The Kier molecular flexibility index (Phi) is 6.31. The van der Waals surface area contributed by atoms with E-state index in [1.807, 2.05) is 13.8 Å². The molecule has 1 fully saturated rings. The van der Waals surface area contributed by atoms with Gasteiger partial charge < -0.3 is 9.64 Å². The van der Waals surface area contributed by atoms with E-state index in [4.69, 9.17) is 27.9 Å². The van der Waals surface area contributed by atoms with E-state index in [0.717, 1.165) is 13.0 Å². The molecule has 0 saturated carbocycles. The molecule has 0 spiro atoms. The number of esters is 1. The highest BCUT2D eigenvalue weighted by Gasteiger charge is 2.26. The van der Waals surface area contributed by atoms with Gasteiger partial charge in [0.1, 0.15) is 6.10 Å². The van der Waals surface area contributed by atoms with Crippen LogP contribution in [0.25, 0.3) is 0 Å². The Morgan fingerprint density at radius 1 is 1.30 bits per heavy atom. The number of hydrogen-bond acceptors (Lipinski definition) is 3. The zero-order valence-electron chi connectivity index (χ0n) is 13.4. The predicted octanol–water partition coefficient (Wildman–Crippen LogP) is 4.25. The van der Waals surface area contributed by atoms with Crippen LogP contribution in [0.2, 0.25) is 10.0 Å². The smallest absolute Gasteiger partial charge is 0.308 e. The summed E-state index contributed by atoms with van der Waals surface area (Å²) >= 11 is 12.4. The van der Waals surface area contributed by atoms with Crippen molar-refractivity contribution in [2.45, 2.75) is 39.2 Å². The lowest BCUT2D eigenvalue weighted by Gasteiger charge is -2.24. The summed E-state index contributed by atoms with van der Waals surface area (Å²) in [6.07, 6.45) is 1.10. The minimum absolute atomic E-state index is 0.0322. The standard InChI is InChI=1S/C17H21Cl2NO3/c1-11(2)17(16-12(18)5-3-6-13(16)19)23-15(22)8-10-20-9-4-7-14(20)21/h3,5-6,11,17H,4,7-10H2,1-2H3. The number of hydrogen-bond donors (Lipinski definition) is 0. The highest BCUT2D eigenvalue weighted by Crippen LogP contribution is 2.36. The Balaban J connectivity index is 2.02. The van der Waals surface area contributed by atoms with E-state index in [1.165, 1.54) is 0 Å². The fraction of sp³-hybridized carbons (Fsp3) is 0.529. The zero-order valence-corrected chi connectivity index (χ0v) is 14.9. The first kappa shape index (κ1) is 18.1. The third-order valence-electron chi connectivity index (χ3n) is 3.91. The number of carbonyl (C=O) groups excluding carboxylic acids is 2. The van der Waals surface area contributed by atoms with E-state index in [1.54, 1.807) is 23.1 Å².